The molecule has 2 aromatic rings. The van der Waals surface area contributed by atoms with E-state index in [1.54, 1.807) is 0 Å². The second kappa shape index (κ2) is 6.21. The molecule has 19 heavy (non-hydrogen) atoms. The summed E-state index contributed by atoms with van der Waals surface area (Å²) in [5.41, 5.74) is 1.99. The molecule has 0 fully saturated rings. The highest BCUT2D eigenvalue weighted by Crippen LogP contribution is 2.24. The van der Waals surface area contributed by atoms with E-state index in [9.17, 15) is 4.79 Å². The van der Waals surface area contributed by atoms with Gasteiger partial charge in [-0.05, 0) is 18.6 Å². The number of hydrogen-bond donors (Lipinski definition) is 1. The zero-order chi connectivity index (χ0) is 13.8. The van der Waals surface area contributed by atoms with Gasteiger partial charge in [-0.2, -0.15) is 4.98 Å². The van der Waals surface area contributed by atoms with Crippen molar-refractivity contribution in [3.8, 4) is 11.4 Å². The van der Waals surface area contributed by atoms with Crippen molar-refractivity contribution in [1.82, 2.24) is 10.1 Å². The molecule has 0 aliphatic carbocycles. The van der Waals surface area contributed by atoms with Crippen molar-refractivity contribution in [2.24, 2.45) is 0 Å². The van der Waals surface area contributed by atoms with Crippen molar-refractivity contribution in [1.29, 1.82) is 0 Å². The van der Waals surface area contributed by atoms with Crippen molar-refractivity contribution < 1.29 is 14.4 Å². The van der Waals surface area contributed by atoms with Gasteiger partial charge in [-0.3, -0.25) is 4.79 Å². The molecule has 2 rings (SSSR count). The summed E-state index contributed by atoms with van der Waals surface area (Å²) in [6.07, 6.45) is 0. The van der Waals surface area contributed by atoms with Crippen LogP contribution in [-0.2, 0) is 10.5 Å². The smallest absolute Gasteiger partial charge is 0.313 e. The molecule has 1 N–H and O–H groups in total. The van der Waals surface area contributed by atoms with Gasteiger partial charge in [0.05, 0.1) is 11.5 Å². The Balaban J connectivity index is 2.07. The van der Waals surface area contributed by atoms with Gasteiger partial charge in [-0.15, -0.1) is 11.8 Å². The highest BCUT2D eigenvalue weighted by atomic mass is 79.9. The lowest BCUT2D eigenvalue weighted by Crippen LogP contribution is -1.98. The van der Waals surface area contributed by atoms with Crippen LogP contribution in [-0.4, -0.2) is 27.0 Å². The Bertz CT molecular complexity index is 600. The first-order chi connectivity index (χ1) is 9.06. The topological polar surface area (TPSA) is 76.2 Å². The number of carbonyl (C=O) groups is 1. The van der Waals surface area contributed by atoms with Gasteiger partial charge in [0.1, 0.15) is 0 Å². The second-order valence-corrected chi connectivity index (χ2v) is 5.70. The van der Waals surface area contributed by atoms with Crippen molar-refractivity contribution in [3.63, 3.8) is 0 Å². The lowest BCUT2D eigenvalue weighted by molar-refractivity contribution is -0.133. The van der Waals surface area contributed by atoms with Crippen LogP contribution in [0.1, 0.15) is 11.5 Å². The molecular formula is C12H11BrN2O3S. The van der Waals surface area contributed by atoms with Gasteiger partial charge in [-0.1, -0.05) is 33.2 Å². The predicted molar refractivity (Wildman–Crippen MR) is 76.0 cm³/mol. The molecule has 1 aromatic heterocycles. The maximum Gasteiger partial charge on any atom is 0.313 e. The minimum absolute atomic E-state index is 0.0216. The minimum atomic E-state index is -0.854. The van der Waals surface area contributed by atoms with E-state index in [1.807, 2.05) is 25.1 Å². The molecule has 1 heterocycles. The lowest BCUT2D eigenvalue weighted by atomic mass is 10.1. The number of aromatic nitrogens is 2. The van der Waals surface area contributed by atoms with Crippen LogP contribution >= 0.6 is 27.7 Å². The molecule has 5 nitrogen and oxygen atoms in total. The van der Waals surface area contributed by atoms with Crippen LogP contribution in [0.15, 0.2) is 27.2 Å². The molecule has 100 valence electrons. The number of nitrogens with zero attached hydrogens (tertiary/aromatic N) is 2. The number of aliphatic carboxylic acids is 1. The highest BCUT2D eigenvalue weighted by Gasteiger charge is 2.10. The third kappa shape index (κ3) is 3.81. The number of halogens is 1. The third-order valence-electron chi connectivity index (χ3n) is 2.35. The van der Waals surface area contributed by atoms with E-state index in [1.165, 1.54) is 11.8 Å². The van der Waals surface area contributed by atoms with E-state index < -0.39 is 5.97 Å². The van der Waals surface area contributed by atoms with Crippen LogP contribution in [0.25, 0.3) is 11.4 Å². The van der Waals surface area contributed by atoms with Crippen molar-refractivity contribution >= 4 is 33.7 Å². The van der Waals surface area contributed by atoms with Crippen molar-refractivity contribution in [3.05, 3.63) is 34.1 Å². The Morgan fingerprint density at radius 3 is 3.00 bits per heavy atom. The molecule has 1 aromatic carbocycles. The largest absolute Gasteiger partial charge is 0.481 e. The van der Waals surface area contributed by atoms with E-state index >= 15 is 0 Å². The molecule has 0 bridgehead atoms. The van der Waals surface area contributed by atoms with Crippen LogP contribution in [0.5, 0.6) is 0 Å². The number of aryl methyl sites for hydroxylation is 1. The Morgan fingerprint density at radius 1 is 1.53 bits per heavy atom. The summed E-state index contributed by atoms with van der Waals surface area (Å²) in [7, 11) is 0. The summed E-state index contributed by atoms with van der Waals surface area (Å²) in [6, 6.07) is 5.81. The quantitative estimate of drug-likeness (QED) is 0.899. The molecule has 0 unspecified atom stereocenters. The molecule has 7 heteroatoms. The Kier molecular flexibility index (Phi) is 4.60. The molecule has 0 spiro atoms. The highest BCUT2D eigenvalue weighted by molar-refractivity contribution is 9.10. The van der Waals surface area contributed by atoms with Crippen LogP contribution in [0, 0.1) is 6.92 Å². The fraction of sp³-hybridized carbons (Fsp3) is 0.250. The van der Waals surface area contributed by atoms with Gasteiger partial charge in [0.25, 0.3) is 0 Å². The van der Waals surface area contributed by atoms with Gasteiger partial charge in [0, 0.05) is 10.0 Å². The van der Waals surface area contributed by atoms with Crippen molar-refractivity contribution in [2.45, 2.75) is 12.7 Å². The summed E-state index contributed by atoms with van der Waals surface area (Å²) >= 11 is 4.68. The molecule has 0 aliphatic heterocycles. The molecule has 0 aliphatic rings. The van der Waals surface area contributed by atoms with Crippen LogP contribution in [0.3, 0.4) is 0 Å². The second-order valence-electron chi connectivity index (χ2n) is 3.86. The monoisotopic (exact) mass is 342 g/mol. The first-order valence-electron chi connectivity index (χ1n) is 5.45. The summed E-state index contributed by atoms with van der Waals surface area (Å²) in [5, 5.41) is 12.4. The average molecular weight is 343 g/mol. The maximum absolute atomic E-state index is 10.4. The number of hydrogen-bond acceptors (Lipinski definition) is 5. The Hall–Kier alpha value is -1.34. The van der Waals surface area contributed by atoms with Gasteiger partial charge >= 0.3 is 5.97 Å². The van der Waals surface area contributed by atoms with Crippen LogP contribution in [0.4, 0.5) is 0 Å². The van der Waals surface area contributed by atoms with E-state index in [-0.39, 0.29) is 5.75 Å². The molecule has 0 radical (unpaired) electrons. The average Bonchev–Trinajstić information content (AvgIpc) is 2.81. The Labute approximate surface area is 122 Å². The maximum atomic E-state index is 10.4. The van der Waals surface area contributed by atoms with E-state index in [2.05, 4.69) is 26.1 Å². The molecule has 0 saturated carbocycles. The molecule has 0 amide bonds. The van der Waals surface area contributed by atoms with Gasteiger partial charge < -0.3 is 9.63 Å². The first-order valence-corrected chi connectivity index (χ1v) is 7.39. The van der Waals surface area contributed by atoms with E-state index in [0.29, 0.717) is 17.5 Å². The summed E-state index contributed by atoms with van der Waals surface area (Å²) in [4.78, 5) is 14.6. The molecular weight excluding hydrogens is 332 g/mol. The predicted octanol–water partition coefficient (Wildman–Crippen LogP) is 3.13. The summed E-state index contributed by atoms with van der Waals surface area (Å²) < 4.78 is 6.06. The zero-order valence-corrected chi connectivity index (χ0v) is 12.5. The van der Waals surface area contributed by atoms with Crippen LogP contribution in [0.2, 0.25) is 0 Å². The number of benzene rings is 1. The van der Waals surface area contributed by atoms with Crippen molar-refractivity contribution in [2.75, 3.05) is 5.75 Å². The summed E-state index contributed by atoms with van der Waals surface area (Å²) in [5.74, 6) is 0.497. The van der Waals surface area contributed by atoms with Gasteiger partial charge in [0.15, 0.2) is 0 Å². The fourth-order valence-electron chi connectivity index (χ4n) is 1.39. The third-order valence-corrected chi connectivity index (χ3v) is 4.11. The summed E-state index contributed by atoms with van der Waals surface area (Å²) in [6.45, 7) is 2.00. The normalized spacial score (nSPS) is 10.6. The first kappa shape index (κ1) is 14.1. The number of thioether (sulfide) groups is 1. The van der Waals surface area contributed by atoms with E-state index in [0.717, 1.165) is 15.6 Å². The standard InChI is InChI=1S/C12H11BrN2O3S/c1-7-2-3-8(4-9(7)13)12-14-10(18-15-12)5-19-6-11(16)17/h2-4H,5-6H2,1H3,(H,16,17). The van der Waals surface area contributed by atoms with E-state index in [4.69, 9.17) is 9.63 Å². The Morgan fingerprint density at radius 2 is 2.32 bits per heavy atom. The number of carboxylic acids is 1. The minimum Gasteiger partial charge on any atom is -0.481 e. The zero-order valence-electron chi connectivity index (χ0n) is 10.1. The van der Waals surface area contributed by atoms with Crippen LogP contribution < -0.4 is 0 Å². The lowest BCUT2D eigenvalue weighted by Gasteiger charge is -1.99. The number of rotatable bonds is 5. The molecule has 0 atom stereocenters. The SMILES string of the molecule is Cc1ccc(-c2noc(CSCC(=O)O)n2)cc1Br. The van der Waals surface area contributed by atoms with Gasteiger partial charge in [0.2, 0.25) is 11.7 Å². The number of carboxylic acid groups (broad SMARTS) is 1. The van der Waals surface area contributed by atoms with Gasteiger partial charge in [-0.25, -0.2) is 0 Å². The molecule has 0 saturated heterocycles. The fourth-order valence-corrected chi connectivity index (χ4v) is 2.34.